The Bertz CT molecular complexity index is 183. The second-order valence-corrected chi connectivity index (χ2v) is 4.40. The third-order valence-corrected chi connectivity index (χ3v) is 4.17. The summed E-state index contributed by atoms with van der Waals surface area (Å²) >= 11 is 0. The number of rotatable bonds is 1. The number of nitrogens with one attached hydrogen (secondary N) is 1. The summed E-state index contributed by atoms with van der Waals surface area (Å²) < 4.78 is 0. The van der Waals surface area contributed by atoms with Crippen LogP contribution in [0.3, 0.4) is 0 Å². The van der Waals surface area contributed by atoms with Gasteiger partial charge in [0.2, 0.25) is 0 Å². The number of fused-ring (bicyclic) bond motifs is 1. The van der Waals surface area contributed by atoms with E-state index in [1.54, 1.807) is 0 Å². The van der Waals surface area contributed by atoms with Gasteiger partial charge >= 0.3 is 0 Å². The van der Waals surface area contributed by atoms with Crippen molar-refractivity contribution in [2.75, 3.05) is 6.54 Å². The van der Waals surface area contributed by atoms with Gasteiger partial charge in [0.15, 0.2) is 0 Å². The molecule has 0 radical (unpaired) electrons. The molecule has 56 valence electrons. The monoisotopic (exact) mass is 137 g/mol. The molecule has 2 aliphatic carbocycles. The van der Waals surface area contributed by atoms with E-state index in [9.17, 15) is 0 Å². The molecule has 0 aromatic heterocycles. The van der Waals surface area contributed by atoms with E-state index in [-0.39, 0.29) is 0 Å². The molecule has 1 nitrogen and oxygen atoms in total. The summed E-state index contributed by atoms with van der Waals surface area (Å²) in [5.41, 5.74) is 1.54. The fourth-order valence-corrected chi connectivity index (χ4v) is 3.08. The molecule has 3 aliphatic rings. The Morgan fingerprint density at radius 2 is 2.30 bits per heavy atom. The summed E-state index contributed by atoms with van der Waals surface area (Å²) in [5, 5.41) is 3.61. The van der Waals surface area contributed by atoms with E-state index in [2.05, 4.69) is 12.2 Å². The second kappa shape index (κ2) is 1.29. The maximum atomic E-state index is 3.61. The fraction of sp³-hybridized carbons (Fsp3) is 1.00. The molecule has 2 unspecified atom stereocenters. The first kappa shape index (κ1) is 5.59. The van der Waals surface area contributed by atoms with Crippen molar-refractivity contribution in [2.45, 2.75) is 38.1 Å². The first-order chi connectivity index (χ1) is 4.83. The van der Waals surface area contributed by atoms with Crippen molar-refractivity contribution < 1.29 is 0 Å². The molecule has 0 aromatic carbocycles. The van der Waals surface area contributed by atoms with Gasteiger partial charge in [0, 0.05) is 17.5 Å². The zero-order chi connectivity index (χ0) is 6.82. The Morgan fingerprint density at radius 3 is 2.60 bits per heavy atom. The van der Waals surface area contributed by atoms with Crippen molar-refractivity contribution >= 4 is 0 Å². The fourth-order valence-electron chi connectivity index (χ4n) is 3.08. The van der Waals surface area contributed by atoms with Crippen molar-refractivity contribution in [1.82, 2.24) is 5.32 Å². The average Bonchev–Trinajstić information content (AvgIpc) is 2.82. The van der Waals surface area contributed by atoms with Crippen LogP contribution in [0.1, 0.15) is 32.6 Å². The quantitative estimate of drug-likeness (QED) is 0.578. The molecule has 0 bridgehead atoms. The lowest BCUT2D eigenvalue weighted by atomic mass is 9.82. The lowest BCUT2D eigenvalue weighted by molar-refractivity contribution is 0.160. The van der Waals surface area contributed by atoms with Gasteiger partial charge in [-0.1, -0.05) is 13.3 Å². The van der Waals surface area contributed by atoms with Gasteiger partial charge in [-0.05, 0) is 25.2 Å². The van der Waals surface area contributed by atoms with Crippen molar-refractivity contribution in [3.05, 3.63) is 0 Å². The topological polar surface area (TPSA) is 12.0 Å². The largest absolute Gasteiger partial charge is 0.310 e. The van der Waals surface area contributed by atoms with Crippen molar-refractivity contribution in [2.24, 2.45) is 11.3 Å². The van der Waals surface area contributed by atoms with E-state index in [1.165, 1.54) is 32.2 Å². The van der Waals surface area contributed by atoms with Gasteiger partial charge in [0.1, 0.15) is 0 Å². The molecule has 2 saturated carbocycles. The second-order valence-electron chi connectivity index (χ2n) is 4.40. The van der Waals surface area contributed by atoms with Crippen LogP contribution in [0, 0.1) is 11.3 Å². The number of hydrogen-bond acceptors (Lipinski definition) is 1. The first-order valence-corrected chi connectivity index (χ1v) is 4.58. The molecule has 3 rings (SSSR count). The number of hydrogen-bond donors (Lipinski definition) is 1. The van der Waals surface area contributed by atoms with Crippen molar-refractivity contribution in [3.8, 4) is 0 Å². The molecule has 2 spiro atoms. The summed E-state index contributed by atoms with van der Waals surface area (Å²) in [7, 11) is 0. The van der Waals surface area contributed by atoms with Crippen LogP contribution in [-0.2, 0) is 0 Å². The van der Waals surface area contributed by atoms with Crippen LogP contribution >= 0.6 is 0 Å². The van der Waals surface area contributed by atoms with Gasteiger partial charge in [-0.15, -0.1) is 0 Å². The van der Waals surface area contributed by atoms with Gasteiger partial charge in [-0.25, -0.2) is 0 Å². The van der Waals surface area contributed by atoms with Crippen LogP contribution in [0.15, 0.2) is 0 Å². The maximum Gasteiger partial charge on any atom is 0.0254 e. The molecular formula is C9H15N. The van der Waals surface area contributed by atoms with Crippen molar-refractivity contribution in [3.63, 3.8) is 0 Å². The SMILES string of the molecule is CCC1CC12CNC21CC1. The molecule has 10 heavy (non-hydrogen) atoms. The smallest absolute Gasteiger partial charge is 0.0254 e. The third-order valence-electron chi connectivity index (χ3n) is 4.17. The standard InChI is InChI=1S/C9H15N/c1-2-7-5-8(7)6-10-9(8)3-4-9/h7,10H,2-6H2,1H3. The van der Waals surface area contributed by atoms with E-state index in [0.29, 0.717) is 5.54 Å². The van der Waals surface area contributed by atoms with Crippen molar-refractivity contribution in [1.29, 1.82) is 0 Å². The normalized spacial score (nSPS) is 53.1. The molecule has 1 heterocycles. The van der Waals surface area contributed by atoms with E-state index in [0.717, 1.165) is 11.3 Å². The molecular weight excluding hydrogens is 122 g/mol. The summed E-state index contributed by atoms with van der Waals surface area (Å²) in [6.07, 6.45) is 5.91. The Balaban J connectivity index is 1.83. The van der Waals surface area contributed by atoms with Gasteiger partial charge < -0.3 is 5.32 Å². The van der Waals surface area contributed by atoms with Crippen LogP contribution in [0.5, 0.6) is 0 Å². The van der Waals surface area contributed by atoms with E-state index < -0.39 is 0 Å². The molecule has 0 aromatic rings. The lowest BCUT2D eigenvalue weighted by Gasteiger charge is -2.41. The molecule has 1 heteroatoms. The molecule has 0 amide bonds. The molecule has 1 aliphatic heterocycles. The Kier molecular flexibility index (Phi) is 0.722. The third kappa shape index (κ3) is 0.378. The highest BCUT2D eigenvalue weighted by molar-refractivity contribution is 5.31. The van der Waals surface area contributed by atoms with Crippen LogP contribution in [0.2, 0.25) is 0 Å². The van der Waals surface area contributed by atoms with Gasteiger partial charge in [-0.3, -0.25) is 0 Å². The summed E-state index contributed by atoms with van der Waals surface area (Å²) in [6, 6.07) is 0. The highest BCUT2D eigenvalue weighted by atomic mass is 15.2. The van der Waals surface area contributed by atoms with Crippen LogP contribution < -0.4 is 5.32 Å². The summed E-state index contributed by atoms with van der Waals surface area (Å²) in [6.45, 7) is 3.68. The van der Waals surface area contributed by atoms with Gasteiger partial charge in [0.25, 0.3) is 0 Å². The maximum absolute atomic E-state index is 3.61. The van der Waals surface area contributed by atoms with Gasteiger partial charge in [0.05, 0.1) is 0 Å². The van der Waals surface area contributed by atoms with Crippen LogP contribution in [-0.4, -0.2) is 12.1 Å². The zero-order valence-electron chi connectivity index (χ0n) is 6.61. The van der Waals surface area contributed by atoms with Crippen LogP contribution in [0.25, 0.3) is 0 Å². The van der Waals surface area contributed by atoms with Gasteiger partial charge in [-0.2, -0.15) is 0 Å². The van der Waals surface area contributed by atoms with E-state index in [1.807, 2.05) is 0 Å². The molecule has 1 saturated heterocycles. The highest BCUT2D eigenvalue weighted by Crippen LogP contribution is 2.73. The molecule has 3 fully saturated rings. The molecule has 2 atom stereocenters. The predicted molar refractivity (Wildman–Crippen MR) is 40.8 cm³/mol. The molecule has 1 N–H and O–H groups in total. The first-order valence-electron chi connectivity index (χ1n) is 4.58. The Labute approximate surface area is 62.2 Å². The average molecular weight is 137 g/mol. The minimum Gasteiger partial charge on any atom is -0.310 e. The zero-order valence-corrected chi connectivity index (χ0v) is 6.61. The predicted octanol–water partition coefficient (Wildman–Crippen LogP) is 1.54. The summed E-state index contributed by atoms with van der Waals surface area (Å²) in [5.74, 6) is 1.09. The highest BCUT2D eigenvalue weighted by Gasteiger charge is 2.75. The minimum atomic E-state index is 0.702. The minimum absolute atomic E-state index is 0.702. The van der Waals surface area contributed by atoms with E-state index >= 15 is 0 Å². The van der Waals surface area contributed by atoms with Crippen LogP contribution in [0.4, 0.5) is 0 Å². The lowest BCUT2D eigenvalue weighted by Crippen LogP contribution is -2.58. The van der Waals surface area contributed by atoms with E-state index in [4.69, 9.17) is 0 Å². The Hall–Kier alpha value is -0.0400. The summed E-state index contributed by atoms with van der Waals surface area (Å²) in [4.78, 5) is 0. The Morgan fingerprint density at radius 1 is 1.50 bits per heavy atom.